The fraction of sp³-hybridized carbons (Fsp3) is 0.400. The predicted molar refractivity (Wildman–Crippen MR) is 87.5 cm³/mol. The number of aromatic nitrogens is 1. The first-order valence-electron chi connectivity index (χ1n) is 6.70. The molecule has 1 N–H and O–H groups in total. The Balaban J connectivity index is 2.29. The summed E-state index contributed by atoms with van der Waals surface area (Å²) >= 11 is 5.26. The van der Waals surface area contributed by atoms with E-state index in [4.69, 9.17) is 4.74 Å². The van der Waals surface area contributed by atoms with Gasteiger partial charge in [-0.25, -0.2) is 0 Å². The van der Waals surface area contributed by atoms with Gasteiger partial charge in [0.2, 0.25) is 0 Å². The molecule has 0 aromatic carbocycles. The van der Waals surface area contributed by atoms with Gasteiger partial charge in [-0.2, -0.15) is 0 Å². The fourth-order valence-electron chi connectivity index (χ4n) is 2.00. The van der Waals surface area contributed by atoms with Gasteiger partial charge in [0.15, 0.2) is 0 Å². The molecule has 0 saturated heterocycles. The summed E-state index contributed by atoms with van der Waals surface area (Å²) < 4.78 is 6.87. The van der Waals surface area contributed by atoms with Crippen LogP contribution < -0.4 is 10.1 Å². The third-order valence-electron chi connectivity index (χ3n) is 2.73. The predicted octanol–water partition coefficient (Wildman–Crippen LogP) is 4.39. The number of nitrogens with one attached hydrogen (secondary N) is 1. The molecule has 2 aromatic heterocycles. The molecule has 108 valence electrons. The summed E-state index contributed by atoms with van der Waals surface area (Å²) in [6.07, 6.45) is 3.81. The maximum Gasteiger partial charge on any atom is 0.138 e. The molecule has 20 heavy (non-hydrogen) atoms. The van der Waals surface area contributed by atoms with Crippen molar-refractivity contribution in [3.05, 3.63) is 44.8 Å². The smallest absolute Gasteiger partial charge is 0.138 e. The first-order valence-corrected chi connectivity index (χ1v) is 8.31. The van der Waals surface area contributed by atoms with Gasteiger partial charge in [-0.15, -0.1) is 11.3 Å². The van der Waals surface area contributed by atoms with E-state index in [1.54, 1.807) is 17.5 Å². The van der Waals surface area contributed by atoms with Crippen molar-refractivity contribution in [1.82, 2.24) is 10.3 Å². The minimum absolute atomic E-state index is 0.152. The molecular formula is C15H19BrN2OS. The second kappa shape index (κ2) is 7.20. The van der Waals surface area contributed by atoms with Crippen LogP contribution in [-0.4, -0.2) is 17.6 Å². The highest BCUT2D eigenvalue weighted by molar-refractivity contribution is 9.11. The van der Waals surface area contributed by atoms with Gasteiger partial charge in [-0.1, -0.05) is 6.92 Å². The highest BCUT2D eigenvalue weighted by Crippen LogP contribution is 2.32. The SMILES string of the molecule is CCNC(c1cncc(OC(C)C)c1)c1ccc(Br)s1. The zero-order chi connectivity index (χ0) is 14.5. The lowest BCUT2D eigenvalue weighted by Crippen LogP contribution is -2.21. The van der Waals surface area contributed by atoms with Crippen molar-refractivity contribution < 1.29 is 4.74 Å². The summed E-state index contributed by atoms with van der Waals surface area (Å²) in [6.45, 7) is 7.04. The van der Waals surface area contributed by atoms with Crippen LogP contribution in [0, 0.1) is 0 Å². The van der Waals surface area contributed by atoms with Crippen LogP contribution in [0.15, 0.2) is 34.4 Å². The molecule has 0 bridgehead atoms. The highest BCUT2D eigenvalue weighted by Gasteiger charge is 2.16. The zero-order valence-electron chi connectivity index (χ0n) is 11.9. The van der Waals surface area contributed by atoms with Crippen molar-refractivity contribution in [2.75, 3.05) is 6.54 Å². The average Bonchev–Trinajstić information content (AvgIpc) is 2.82. The third-order valence-corrected chi connectivity index (χ3v) is 4.41. The van der Waals surface area contributed by atoms with Gasteiger partial charge < -0.3 is 10.1 Å². The molecule has 0 aliphatic heterocycles. The minimum atomic E-state index is 0.152. The highest BCUT2D eigenvalue weighted by atomic mass is 79.9. The molecular weight excluding hydrogens is 336 g/mol. The van der Waals surface area contributed by atoms with E-state index in [1.165, 1.54) is 4.88 Å². The number of nitrogens with zero attached hydrogens (tertiary/aromatic N) is 1. The van der Waals surface area contributed by atoms with Crippen LogP contribution in [-0.2, 0) is 0 Å². The average molecular weight is 355 g/mol. The van der Waals surface area contributed by atoms with Crippen molar-refractivity contribution >= 4 is 27.3 Å². The standard InChI is InChI=1S/C15H19BrN2OS/c1-4-18-15(13-5-6-14(16)20-13)11-7-12(9-17-8-11)19-10(2)3/h5-10,15,18H,4H2,1-3H3. The minimum Gasteiger partial charge on any atom is -0.489 e. The van der Waals surface area contributed by atoms with Crippen molar-refractivity contribution in [2.24, 2.45) is 0 Å². The molecule has 0 radical (unpaired) electrons. The molecule has 1 unspecified atom stereocenters. The van der Waals surface area contributed by atoms with Gasteiger partial charge in [-0.3, -0.25) is 4.98 Å². The van der Waals surface area contributed by atoms with Gasteiger partial charge in [0.1, 0.15) is 5.75 Å². The van der Waals surface area contributed by atoms with E-state index >= 15 is 0 Å². The van der Waals surface area contributed by atoms with Gasteiger partial charge in [0, 0.05) is 11.1 Å². The second-order valence-corrected chi connectivity index (χ2v) is 7.25. The van der Waals surface area contributed by atoms with E-state index in [9.17, 15) is 0 Å². The number of hydrogen-bond donors (Lipinski definition) is 1. The van der Waals surface area contributed by atoms with E-state index in [2.05, 4.69) is 51.4 Å². The fourth-order valence-corrected chi connectivity index (χ4v) is 3.53. The third kappa shape index (κ3) is 4.04. The molecule has 0 aliphatic carbocycles. The van der Waals surface area contributed by atoms with E-state index in [-0.39, 0.29) is 12.1 Å². The molecule has 3 nitrogen and oxygen atoms in total. The molecule has 0 fully saturated rings. The Morgan fingerprint density at radius 2 is 2.15 bits per heavy atom. The summed E-state index contributed by atoms with van der Waals surface area (Å²) in [7, 11) is 0. The Morgan fingerprint density at radius 1 is 1.35 bits per heavy atom. The topological polar surface area (TPSA) is 34.2 Å². The second-order valence-electron chi connectivity index (χ2n) is 4.75. The number of rotatable bonds is 6. The molecule has 2 aromatic rings. The lowest BCUT2D eigenvalue weighted by molar-refractivity contribution is 0.241. The van der Waals surface area contributed by atoms with E-state index in [1.807, 2.05) is 20.0 Å². The summed E-state index contributed by atoms with van der Waals surface area (Å²) in [5.41, 5.74) is 1.12. The summed E-state index contributed by atoms with van der Waals surface area (Å²) in [5, 5.41) is 3.50. The number of hydrogen-bond acceptors (Lipinski definition) is 4. The number of pyridine rings is 1. The van der Waals surface area contributed by atoms with E-state index in [0.717, 1.165) is 21.6 Å². The molecule has 1 atom stereocenters. The maximum atomic E-state index is 5.73. The lowest BCUT2D eigenvalue weighted by atomic mass is 10.1. The Morgan fingerprint density at radius 3 is 2.75 bits per heavy atom. The van der Waals surface area contributed by atoms with Crippen LogP contribution in [0.1, 0.15) is 37.3 Å². The van der Waals surface area contributed by atoms with Gasteiger partial charge >= 0.3 is 0 Å². The van der Waals surface area contributed by atoms with Gasteiger partial charge in [-0.05, 0) is 60.1 Å². The Bertz CT molecular complexity index is 556. The van der Waals surface area contributed by atoms with E-state index in [0.29, 0.717) is 0 Å². The van der Waals surface area contributed by atoms with Crippen molar-refractivity contribution in [3.63, 3.8) is 0 Å². The first-order chi connectivity index (χ1) is 9.60. The first kappa shape index (κ1) is 15.5. The molecule has 2 rings (SSSR count). The lowest BCUT2D eigenvalue weighted by Gasteiger charge is -2.18. The van der Waals surface area contributed by atoms with Crippen LogP contribution in [0.4, 0.5) is 0 Å². The maximum absolute atomic E-state index is 5.73. The van der Waals surface area contributed by atoms with Crippen LogP contribution in [0.3, 0.4) is 0 Å². The largest absolute Gasteiger partial charge is 0.489 e. The monoisotopic (exact) mass is 354 g/mol. The normalized spacial score (nSPS) is 12.7. The summed E-state index contributed by atoms with van der Waals surface area (Å²) in [6, 6.07) is 6.43. The number of ether oxygens (including phenoxy) is 1. The molecule has 0 saturated carbocycles. The van der Waals surface area contributed by atoms with Gasteiger partial charge in [0.25, 0.3) is 0 Å². The van der Waals surface area contributed by atoms with E-state index < -0.39 is 0 Å². The summed E-state index contributed by atoms with van der Waals surface area (Å²) in [5.74, 6) is 0.816. The Hall–Kier alpha value is -0.910. The van der Waals surface area contributed by atoms with Crippen LogP contribution >= 0.6 is 27.3 Å². The molecule has 0 amide bonds. The number of halogens is 1. The van der Waals surface area contributed by atoms with Gasteiger partial charge in [0.05, 0.1) is 22.1 Å². The van der Waals surface area contributed by atoms with Crippen LogP contribution in [0.2, 0.25) is 0 Å². The zero-order valence-corrected chi connectivity index (χ0v) is 14.3. The van der Waals surface area contributed by atoms with Crippen LogP contribution in [0.5, 0.6) is 5.75 Å². The Kier molecular flexibility index (Phi) is 5.57. The van der Waals surface area contributed by atoms with Crippen molar-refractivity contribution in [1.29, 1.82) is 0 Å². The molecule has 5 heteroatoms. The number of thiophene rings is 1. The van der Waals surface area contributed by atoms with Crippen molar-refractivity contribution in [3.8, 4) is 5.75 Å². The molecule has 0 spiro atoms. The summed E-state index contributed by atoms with van der Waals surface area (Å²) in [4.78, 5) is 5.57. The van der Waals surface area contributed by atoms with Crippen LogP contribution in [0.25, 0.3) is 0 Å². The Labute approximate surface area is 132 Å². The van der Waals surface area contributed by atoms with Crippen molar-refractivity contribution in [2.45, 2.75) is 32.9 Å². The molecule has 0 aliphatic rings. The quantitative estimate of drug-likeness (QED) is 0.834. The molecule has 2 heterocycles.